The Balaban J connectivity index is 1.92. The third kappa shape index (κ3) is 4.53. The highest BCUT2D eigenvalue weighted by Gasteiger charge is 2.23. The van der Waals surface area contributed by atoms with E-state index in [1.54, 1.807) is 0 Å². The van der Waals surface area contributed by atoms with Gasteiger partial charge in [-0.3, -0.25) is 4.79 Å². The van der Waals surface area contributed by atoms with Crippen molar-refractivity contribution in [3.63, 3.8) is 0 Å². The van der Waals surface area contributed by atoms with E-state index in [-0.39, 0.29) is 5.91 Å². The highest BCUT2D eigenvalue weighted by molar-refractivity contribution is 5.82. The molecule has 0 atom stereocenters. The van der Waals surface area contributed by atoms with Gasteiger partial charge in [-0.25, -0.2) is 0 Å². The van der Waals surface area contributed by atoms with E-state index in [0.717, 1.165) is 38.0 Å². The second-order valence-corrected chi connectivity index (χ2v) is 5.50. The molecule has 1 aliphatic carbocycles. The number of hydrogen-bond acceptors (Lipinski definition) is 3. The molecule has 0 saturated heterocycles. The summed E-state index contributed by atoms with van der Waals surface area (Å²) in [4.78, 5) is 13.9. The van der Waals surface area contributed by atoms with Gasteiger partial charge in [0.25, 0.3) is 0 Å². The number of carbonyl (C=O) groups is 1. The van der Waals surface area contributed by atoms with Gasteiger partial charge in [0.15, 0.2) is 0 Å². The quantitative estimate of drug-likeness (QED) is 0.712. The van der Waals surface area contributed by atoms with Crippen LogP contribution in [-0.2, 0) is 11.3 Å². The third-order valence-electron chi connectivity index (χ3n) is 3.47. The molecule has 2 N–H and O–H groups in total. The number of likely N-dealkylation sites (N-methyl/N-ethyl adjacent to an activating group) is 1. The summed E-state index contributed by atoms with van der Waals surface area (Å²) in [5.41, 5.74) is 2.37. The zero-order valence-electron chi connectivity index (χ0n) is 12.5. The molecule has 1 aromatic carbocycles. The molecule has 4 nitrogen and oxygen atoms in total. The molecule has 1 fully saturated rings. The van der Waals surface area contributed by atoms with Crippen molar-refractivity contribution in [2.45, 2.75) is 38.8 Å². The first-order valence-corrected chi connectivity index (χ1v) is 7.50. The van der Waals surface area contributed by atoms with Crippen LogP contribution in [0.3, 0.4) is 0 Å². The number of carbonyl (C=O) groups excluding carboxylic acids is 1. The molecule has 1 aromatic rings. The lowest BCUT2D eigenvalue weighted by Gasteiger charge is -2.22. The van der Waals surface area contributed by atoms with Crippen LogP contribution >= 0.6 is 0 Å². The van der Waals surface area contributed by atoms with Gasteiger partial charge in [0, 0.05) is 25.3 Å². The summed E-state index contributed by atoms with van der Waals surface area (Å²) in [5.74, 6) is 0.117. The zero-order chi connectivity index (χ0) is 14.4. The van der Waals surface area contributed by atoms with Gasteiger partial charge in [0.05, 0.1) is 6.54 Å². The first kappa shape index (κ1) is 14.9. The van der Waals surface area contributed by atoms with Crippen LogP contribution in [0.5, 0.6) is 0 Å². The maximum Gasteiger partial charge on any atom is 0.239 e. The van der Waals surface area contributed by atoms with E-state index in [1.165, 1.54) is 5.56 Å². The number of benzene rings is 1. The number of nitrogens with zero attached hydrogens (tertiary/aromatic N) is 1. The van der Waals surface area contributed by atoms with Crippen molar-refractivity contribution in [3.05, 3.63) is 29.8 Å². The molecule has 110 valence electrons. The fourth-order valence-electron chi connectivity index (χ4n) is 2.23. The van der Waals surface area contributed by atoms with Gasteiger partial charge in [0.1, 0.15) is 0 Å². The summed E-state index contributed by atoms with van der Waals surface area (Å²) < 4.78 is 0. The smallest absolute Gasteiger partial charge is 0.239 e. The van der Waals surface area contributed by atoms with Crippen molar-refractivity contribution in [2.75, 3.05) is 25.0 Å². The molecule has 2 rings (SSSR count). The maximum atomic E-state index is 11.9. The highest BCUT2D eigenvalue weighted by atomic mass is 16.2. The maximum absolute atomic E-state index is 11.9. The minimum absolute atomic E-state index is 0.117. The second-order valence-electron chi connectivity index (χ2n) is 5.50. The molecular formula is C16H25N3O. The van der Waals surface area contributed by atoms with Crippen molar-refractivity contribution >= 4 is 11.6 Å². The van der Waals surface area contributed by atoms with Crippen LogP contribution in [0, 0.1) is 0 Å². The summed E-state index contributed by atoms with van der Waals surface area (Å²) in [6.45, 7) is 4.44. The van der Waals surface area contributed by atoms with E-state index in [9.17, 15) is 4.79 Å². The molecule has 0 radical (unpaired) electrons. The summed E-state index contributed by atoms with van der Waals surface area (Å²) in [6.07, 6.45) is 3.39. The van der Waals surface area contributed by atoms with Crippen LogP contribution in [0.1, 0.15) is 31.7 Å². The first-order valence-electron chi connectivity index (χ1n) is 7.50. The Morgan fingerprint density at radius 3 is 2.80 bits per heavy atom. The van der Waals surface area contributed by atoms with Crippen LogP contribution < -0.4 is 15.5 Å². The lowest BCUT2D eigenvalue weighted by Crippen LogP contribution is -2.36. The number of hydrogen-bond donors (Lipinski definition) is 2. The van der Waals surface area contributed by atoms with E-state index in [4.69, 9.17) is 0 Å². The Morgan fingerprint density at radius 1 is 1.35 bits per heavy atom. The minimum Gasteiger partial charge on any atom is -0.365 e. The number of amides is 1. The molecule has 4 heteroatoms. The molecule has 0 aliphatic heterocycles. The van der Waals surface area contributed by atoms with Gasteiger partial charge < -0.3 is 15.5 Å². The van der Waals surface area contributed by atoms with Crippen molar-refractivity contribution in [1.29, 1.82) is 0 Å². The molecule has 0 heterocycles. The molecular weight excluding hydrogens is 250 g/mol. The fraction of sp³-hybridized carbons (Fsp3) is 0.562. The fourth-order valence-corrected chi connectivity index (χ4v) is 2.23. The largest absolute Gasteiger partial charge is 0.365 e. The van der Waals surface area contributed by atoms with E-state index >= 15 is 0 Å². The summed E-state index contributed by atoms with van der Waals surface area (Å²) in [6, 6.07) is 8.69. The first-order chi connectivity index (χ1) is 9.70. The standard InChI is InChI=1S/C16H25N3O/c1-3-10-17-11-13-6-4-5-7-15(13)19(2)12-16(20)18-14-8-9-14/h4-7,14,17H,3,8-12H2,1-2H3,(H,18,20). The lowest BCUT2D eigenvalue weighted by molar-refractivity contribution is -0.119. The second kappa shape index (κ2) is 7.29. The summed E-state index contributed by atoms with van der Waals surface area (Å²) >= 11 is 0. The van der Waals surface area contributed by atoms with Gasteiger partial charge in [-0.05, 0) is 37.4 Å². The Morgan fingerprint density at radius 2 is 2.10 bits per heavy atom. The van der Waals surface area contributed by atoms with Gasteiger partial charge in [-0.15, -0.1) is 0 Å². The predicted octanol–water partition coefficient (Wildman–Crippen LogP) is 1.90. The zero-order valence-corrected chi connectivity index (χ0v) is 12.5. The normalized spacial score (nSPS) is 14.1. The Labute approximate surface area is 121 Å². The molecule has 0 unspecified atom stereocenters. The van der Waals surface area contributed by atoms with Crippen LogP contribution in [0.15, 0.2) is 24.3 Å². The molecule has 1 aliphatic rings. The van der Waals surface area contributed by atoms with Gasteiger partial charge in [-0.1, -0.05) is 25.1 Å². The Hall–Kier alpha value is -1.55. The van der Waals surface area contributed by atoms with Crippen LogP contribution in [-0.4, -0.2) is 32.1 Å². The molecule has 1 amide bonds. The third-order valence-corrected chi connectivity index (χ3v) is 3.47. The molecule has 0 bridgehead atoms. The van der Waals surface area contributed by atoms with Crippen LogP contribution in [0.25, 0.3) is 0 Å². The number of para-hydroxylation sites is 1. The lowest BCUT2D eigenvalue weighted by atomic mass is 10.1. The number of nitrogens with one attached hydrogen (secondary N) is 2. The summed E-state index contributed by atoms with van der Waals surface area (Å²) in [5, 5.41) is 6.45. The number of rotatable bonds is 8. The monoisotopic (exact) mass is 275 g/mol. The average Bonchev–Trinajstić information content (AvgIpc) is 3.23. The van der Waals surface area contributed by atoms with Gasteiger partial charge in [-0.2, -0.15) is 0 Å². The summed E-state index contributed by atoms with van der Waals surface area (Å²) in [7, 11) is 1.98. The number of anilines is 1. The average molecular weight is 275 g/mol. The molecule has 20 heavy (non-hydrogen) atoms. The van der Waals surface area contributed by atoms with E-state index < -0.39 is 0 Å². The predicted molar refractivity (Wildman–Crippen MR) is 82.9 cm³/mol. The molecule has 1 saturated carbocycles. The Kier molecular flexibility index (Phi) is 5.41. The van der Waals surface area contributed by atoms with E-state index in [2.05, 4.69) is 29.7 Å². The van der Waals surface area contributed by atoms with Gasteiger partial charge in [0.2, 0.25) is 5.91 Å². The van der Waals surface area contributed by atoms with Crippen LogP contribution in [0.2, 0.25) is 0 Å². The topological polar surface area (TPSA) is 44.4 Å². The minimum atomic E-state index is 0.117. The van der Waals surface area contributed by atoms with Crippen molar-refractivity contribution in [3.8, 4) is 0 Å². The van der Waals surface area contributed by atoms with Gasteiger partial charge >= 0.3 is 0 Å². The SMILES string of the molecule is CCCNCc1ccccc1N(C)CC(=O)NC1CC1. The van der Waals surface area contributed by atoms with Crippen molar-refractivity contribution in [1.82, 2.24) is 10.6 Å². The Bertz CT molecular complexity index is 443. The highest BCUT2D eigenvalue weighted by Crippen LogP contribution is 2.20. The molecule has 0 aromatic heterocycles. The van der Waals surface area contributed by atoms with E-state index in [1.807, 2.05) is 24.1 Å². The van der Waals surface area contributed by atoms with Crippen molar-refractivity contribution in [2.24, 2.45) is 0 Å². The van der Waals surface area contributed by atoms with Crippen LogP contribution in [0.4, 0.5) is 5.69 Å². The van der Waals surface area contributed by atoms with E-state index in [0.29, 0.717) is 12.6 Å². The molecule has 0 spiro atoms. The van der Waals surface area contributed by atoms with Crippen molar-refractivity contribution < 1.29 is 4.79 Å².